The molecule has 0 saturated carbocycles. The zero-order valence-corrected chi connectivity index (χ0v) is 15.7. The van der Waals surface area contributed by atoms with E-state index in [4.69, 9.17) is 0 Å². The van der Waals surface area contributed by atoms with Crippen LogP contribution in [0.5, 0.6) is 0 Å². The second-order valence-corrected chi connectivity index (χ2v) is 7.79. The average molecular weight is 358 g/mol. The predicted molar refractivity (Wildman–Crippen MR) is 95.2 cm³/mol. The quantitative estimate of drug-likeness (QED) is 0.884. The van der Waals surface area contributed by atoms with Gasteiger partial charge in [0.25, 0.3) is 0 Å². The monoisotopic (exact) mass is 358 g/mol. The van der Waals surface area contributed by atoms with Gasteiger partial charge in [-0.2, -0.15) is 5.26 Å². The summed E-state index contributed by atoms with van der Waals surface area (Å²) in [5, 5.41) is 18.6. The van der Waals surface area contributed by atoms with Gasteiger partial charge in [0.15, 0.2) is 0 Å². The van der Waals surface area contributed by atoms with Crippen LogP contribution in [0.4, 0.5) is 0 Å². The molecule has 0 aliphatic carbocycles. The van der Waals surface area contributed by atoms with Crippen LogP contribution in [0.15, 0.2) is 6.07 Å². The number of hydrogen-bond donors (Lipinski definition) is 1. The summed E-state index contributed by atoms with van der Waals surface area (Å²) in [5.74, 6) is -1.05. The maximum Gasteiger partial charge on any atom is 0.326 e. The molecule has 2 saturated heterocycles. The number of aliphatic carboxylic acids is 1. The van der Waals surface area contributed by atoms with E-state index < -0.39 is 12.0 Å². The third kappa shape index (κ3) is 3.21. The smallest absolute Gasteiger partial charge is 0.326 e. The maximum absolute atomic E-state index is 11.8. The predicted octanol–water partition coefficient (Wildman–Crippen LogP) is 1.49. The highest BCUT2D eigenvalue weighted by atomic mass is 16.4. The van der Waals surface area contributed by atoms with Gasteiger partial charge >= 0.3 is 5.97 Å². The number of carboxylic acids is 1. The van der Waals surface area contributed by atoms with E-state index in [1.165, 1.54) is 17.4 Å². The number of amides is 1. The van der Waals surface area contributed by atoms with Crippen LogP contribution in [0, 0.1) is 23.7 Å². The first-order chi connectivity index (χ1) is 12.3. The van der Waals surface area contributed by atoms with Crippen LogP contribution < -0.4 is 0 Å². The van der Waals surface area contributed by atoms with Gasteiger partial charge in [-0.15, -0.1) is 0 Å². The van der Waals surface area contributed by atoms with Crippen molar-refractivity contribution in [2.45, 2.75) is 45.7 Å². The fourth-order valence-electron chi connectivity index (χ4n) is 4.43. The van der Waals surface area contributed by atoms with Gasteiger partial charge in [0, 0.05) is 32.8 Å². The van der Waals surface area contributed by atoms with Gasteiger partial charge < -0.3 is 14.6 Å². The van der Waals surface area contributed by atoms with E-state index in [0.717, 1.165) is 38.2 Å². The van der Waals surface area contributed by atoms with Crippen LogP contribution >= 0.6 is 0 Å². The van der Waals surface area contributed by atoms with Crippen molar-refractivity contribution in [2.24, 2.45) is 12.5 Å². The highest BCUT2D eigenvalue weighted by molar-refractivity contribution is 5.83. The summed E-state index contributed by atoms with van der Waals surface area (Å²) in [4.78, 5) is 27.2. The SMILES string of the molecule is CC(=O)N1CC2(CCN(Cc3cc(C#N)n(C)c3C)CC2)CC1C(=O)O. The van der Waals surface area contributed by atoms with Crippen LogP contribution in [0.2, 0.25) is 0 Å². The molecule has 1 atom stereocenters. The van der Waals surface area contributed by atoms with Crippen LogP contribution in [-0.4, -0.2) is 57.0 Å². The molecule has 3 heterocycles. The Kier molecular flexibility index (Phi) is 4.80. The lowest BCUT2D eigenvalue weighted by Crippen LogP contribution is -2.42. The fourth-order valence-corrected chi connectivity index (χ4v) is 4.43. The third-order valence-corrected chi connectivity index (χ3v) is 6.26. The standard InChI is InChI=1S/C19H26N4O3/c1-13-15(8-16(10-20)21(13)3)11-22-6-4-19(5-7-22)9-17(18(25)26)23(12-19)14(2)24/h8,17H,4-7,9,11-12H2,1-3H3,(H,25,26). The fraction of sp³-hybridized carbons (Fsp3) is 0.632. The molecule has 1 spiro atoms. The van der Waals surface area contributed by atoms with E-state index in [9.17, 15) is 20.0 Å². The number of piperidine rings is 1. The molecule has 2 fully saturated rings. The van der Waals surface area contributed by atoms with Gasteiger partial charge in [0.05, 0.1) is 0 Å². The topological polar surface area (TPSA) is 89.6 Å². The molecular formula is C19H26N4O3. The first-order valence-corrected chi connectivity index (χ1v) is 9.04. The van der Waals surface area contributed by atoms with Crippen LogP contribution in [0.25, 0.3) is 0 Å². The lowest BCUT2D eigenvalue weighted by atomic mass is 9.76. The molecule has 0 aromatic carbocycles. The van der Waals surface area contributed by atoms with E-state index in [-0.39, 0.29) is 11.3 Å². The molecule has 1 unspecified atom stereocenters. The van der Waals surface area contributed by atoms with Gasteiger partial charge in [0.1, 0.15) is 17.8 Å². The van der Waals surface area contributed by atoms with E-state index in [1.54, 1.807) is 0 Å². The Balaban J connectivity index is 1.65. The highest BCUT2D eigenvalue weighted by Crippen LogP contribution is 2.43. The number of likely N-dealkylation sites (tertiary alicyclic amines) is 2. The number of hydrogen-bond acceptors (Lipinski definition) is 4. The Bertz CT molecular complexity index is 744. The number of carbonyl (C=O) groups is 2. The molecule has 0 radical (unpaired) electrons. The Morgan fingerprint density at radius 3 is 2.50 bits per heavy atom. The number of aromatic nitrogens is 1. The normalized spacial score (nSPS) is 22.5. The number of rotatable bonds is 3. The van der Waals surface area contributed by atoms with Gasteiger partial charge in [-0.3, -0.25) is 9.69 Å². The van der Waals surface area contributed by atoms with Crippen molar-refractivity contribution < 1.29 is 14.7 Å². The summed E-state index contributed by atoms with van der Waals surface area (Å²) in [6.07, 6.45) is 2.35. The average Bonchev–Trinajstić information content (AvgIpc) is 3.11. The van der Waals surface area contributed by atoms with Crippen molar-refractivity contribution >= 4 is 11.9 Å². The largest absolute Gasteiger partial charge is 0.480 e. The van der Waals surface area contributed by atoms with Gasteiger partial charge in [0.2, 0.25) is 5.91 Å². The Morgan fingerprint density at radius 2 is 2.04 bits per heavy atom. The minimum atomic E-state index is -0.900. The van der Waals surface area contributed by atoms with Gasteiger partial charge in [-0.1, -0.05) is 0 Å². The van der Waals surface area contributed by atoms with Crippen molar-refractivity contribution in [1.82, 2.24) is 14.4 Å². The maximum atomic E-state index is 11.8. The summed E-state index contributed by atoms with van der Waals surface area (Å²) < 4.78 is 1.92. The van der Waals surface area contributed by atoms with Crippen LogP contribution in [-0.2, 0) is 23.2 Å². The molecule has 3 rings (SSSR count). The minimum absolute atomic E-state index is 0.0746. The summed E-state index contributed by atoms with van der Waals surface area (Å²) in [6, 6.07) is 3.48. The lowest BCUT2D eigenvalue weighted by Gasteiger charge is -2.39. The summed E-state index contributed by atoms with van der Waals surface area (Å²) >= 11 is 0. The molecular weight excluding hydrogens is 332 g/mol. The molecule has 1 aromatic rings. The van der Waals surface area contributed by atoms with Crippen molar-refractivity contribution in [3.05, 3.63) is 23.0 Å². The Morgan fingerprint density at radius 1 is 1.38 bits per heavy atom. The Hall–Kier alpha value is -2.33. The van der Waals surface area contributed by atoms with Crippen molar-refractivity contribution in [2.75, 3.05) is 19.6 Å². The lowest BCUT2D eigenvalue weighted by molar-refractivity contribution is -0.147. The van der Waals surface area contributed by atoms with Crippen molar-refractivity contribution in [3.63, 3.8) is 0 Å². The van der Waals surface area contributed by atoms with Gasteiger partial charge in [-0.05, 0) is 56.3 Å². The minimum Gasteiger partial charge on any atom is -0.480 e. The van der Waals surface area contributed by atoms with E-state index in [0.29, 0.717) is 18.7 Å². The molecule has 1 amide bonds. The second-order valence-electron chi connectivity index (χ2n) is 7.79. The third-order valence-electron chi connectivity index (χ3n) is 6.26. The molecule has 0 bridgehead atoms. The molecule has 1 aromatic heterocycles. The molecule has 7 heteroatoms. The van der Waals surface area contributed by atoms with Crippen LogP contribution in [0.3, 0.4) is 0 Å². The zero-order valence-electron chi connectivity index (χ0n) is 15.7. The molecule has 140 valence electrons. The number of nitriles is 1. The molecule has 2 aliphatic rings. The number of nitrogens with zero attached hydrogens (tertiary/aromatic N) is 4. The molecule has 2 aliphatic heterocycles. The molecule has 26 heavy (non-hydrogen) atoms. The second kappa shape index (κ2) is 6.76. The first kappa shape index (κ1) is 18.5. The van der Waals surface area contributed by atoms with Crippen molar-refractivity contribution in [1.29, 1.82) is 5.26 Å². The van der Waals surface area contributed by atoms with Gasteiger partial charge in [-0.25, -0.2) is 4.79 Å². The van der Waals surface area contributed by atoms with E-state index in [1.807, 2.05) is 24.6 Å². The highest BCUT2D eigenvalue weighted by Gasteiger charge is 2.49. The summed E-state index contributed by atoms with van der Waals surface area (Å²) in [7, 11) is 1.91. The van der Waals surface area contributed by atoms with E-state index in [2.05, 4.69) is 11.0 Å². The first-order valence-electron chi connectivity index (χ1n) is 9.04. The van der Waals surface area contributed by atoms with Crippen LogP contribution in [0.1, 0.15) is 43.1 Å². The molecule has 1 N–H and O–H groups in total. The van der Waals surface area contributed by atoms with Crippen molar-refractivity contribution in [3.8, 4) is 6.07 Å². The Labute approximate surface area is 153 Å². The summed E-state index contributed by atoms with van der Waals surface area (Å²) in [5.41, 5.74) is 2.87. The number of carboxylic acid groups (broad SMARTS) is 1. The van der Waals surface area contributed by atoms with E-state index >= 15 is 0 Å². The summed E-state index contributed by atoms with van der Waals surface area (Å²) in [6.45, 7) is 6.60. The molecule has 7 nitrogen and oxygen atoms in total. The zero-order chi connectivity index (χ0) is 19.1. The number of carbonyl (C=O) groups excluding carboxylic acids is 1.